The second-order valence-electron chi connectivity index (χ2n) is 3.48. The van der Waals surface area contributed by atoms with E-state index in [9.17, 15) is 0 Å². The van der Waals surface area contributed by atoms with Gasteiger partial charge in [-0.2, -0.15) is 0 Å². The van der Waals surface area contributed by atoms with E-state index in [1.54, 1.807) is 0 Å². The van der Waals surface area contributed by atoms with Crippen molar-refractivity contribution in [1.82, 2.24) is 4.90 Å². The fourth-order valence-electron chi connectivity index (χ4n) is 1.60. The first kappa shape index (κ1) is 8.38. The third-order valence-electron chi connectivity index (χ3n) is 2.59. The molecule has 1 heteroatoms. The molecule has 1 aliphatic heterocycles. The molecule has 1 heterocycles. The highest BCUT2D eigenvalue weighted by atomic mass is 15.1. The zero-order valence-electron chi connectivity index (χ0n) is 7.67. The average Bonchev–Trinajstić information content (AvgIpc) is 1.94. The zero-order chi connectivity index (χ0) is 8.43. The van der Waals surface area contributed by atoms with Gasteiger partial charge in [0.15, 0.2) is 0 Å². The molecule has 0 aromatic carbocycles. The monoisotopic (exact) mass is 151 g/mol. The second-order valence-corrected chi connectivity index (χ2v) is 3.48. The molecule has 0 amide bonds. The number of allylic oxidation sites excluding steroid dienone is 1. The van der Waals surface area contributed by atoms with Crippen molar-refractivity contribution in [3.63, 3.8) is 0 Å². The van der Waals surface area contributed by atoms with E-state index in [4.69, 9.17) is 0 Å². The minimum Gasteiger partial charge on any atom is -0.377 e. The summed E-state index contributed by atoms with van der Waals surface area (Å²) in [4.78, 5) is 2.25. The predicted molar refractivity (Wildman–Crippen MR) is 49.3 cm³/mol. The summed E-state index contributed by atoms with van der Waals surface area (Å²) < 4.78 is 0. The quantitative estimate of drug-likeness (QED) is 0.520. The number of hydrogen-bond acceptors (Lipinski definition) is 1. The summed E-state index contributed by atoms with van der Waals surface area (Å²) in [6, 6.07) is 0.609. The molecule has 1 rings (SSSR count). The van der Waals surface area contributed by atoms with Gasteiger partial charge in [-0.1, -0.05) is 18.2 Å². The van der Waals surface area contributed by atoms with Gasteiger partial charge in [-0.25, -0.2) is 0 Å². The first-order chi connectivity index (χ1) is 5.13. The molecule has 0 fully saturated rings. The van der Waals surface area contributed by atoms with Crippen molar-refractivity contribution in [2.45, 2.75) is 26.3 Å². The predicted octanol–water partition coefficient (Wildman–Crippen LogP) is 2.42. The molecular formula is C10H17N. The van der Waals surface area contributed by atoms with E-state index in [0.717, 1.165) is 6.42 Å². The Morgan fingerprint density at radius 1 is 1.64 bits per heavy atom. The molecule has 0 aliphatic carbocycles. The molecule has 62 valence electrons. The van der Waals surface area contributed by atoms with Crippen LogP contribution in [0.2, 0.25) is 0 Å². The highest BCUT2D eigenvalue weighted by Crippen LogP contribution is 2.25. The van der Waals surface area contributed by atoms with Crippen molar-refractivity contribution in [1.29, 1.82) is 0 Å². The van der Waals surface area contributed by atoms with Crippen LogP contribution in [0.15, 0.2) is 24.4 Å². The van der Waals surface area contributed by atoms with Gasteiger partial charge < -0.3 is 4.90 Å². The summed E-state index contributed by atoms with van der Waals surface area (Å²) in [5.74, 6) is 0.644. The normalized spacial score (nSPS) is 30.6. The molecule has 0 aromatic heterocycles. The molecule has 0 bridgehead atoms. The standard InChI is InChI=1S/C10H17N/c1-8(2)10-6-5-7-11(4)9(10)3/h5,7,9-10H,1,6H2,2-4H3. The Morgan fingerprint density at radius 3 is 2.73 bits per heavy atom. The van der Waals surface area contributed by atoms with Gasteiger partial charge in [0.1, 0.15) is 0 Å². The van der Waals surface area contributed by atoms with Crippen LogP contribution in [-0.4, -0.2) is 18.0 Å². The molecule has 0 N–H and O–H groups in total. The average molecular weight is 151 g/mol. The molecule has 0 saturated heterocycles. The Kier molecular flexibility index (Phi) is 2.38. The highest BCUT2D eigenvalue weighted by molar-refractivity contribution is 5.08. The zero-order valence-corrected chi connectivity index (χ0v) is 7.67. The SMILES string of the molecule is C=C(C)C1CC=CN(C)C1C. The number of hydrogen-bond donors (Lipinski definition) is 0. The van der Waals surface area contributed by atoms with Gasteiger partial charge in [-0.15, -0.1) is 0 Å². The Labute approximate surface area is 69.4 Å². The lowest BCUT2D eigenvalue weighted by atomic mass is 9.88. The molecule has 0 radical (unpaired) electrons. The maximum atomic E-state index is 4.00. The van der Waals surface area contributed by atoms with Crippen molar-refractivity contribution in [2.75, 3.05) is 7.05 Å². The first-order valence-electron chi connectivity index (χ1n) is 4.17. The van der Waals surface area contributed by atoms with Crippen molar-refractivity contribution in [2.24, 2.45) is 5.92 Å². The third kappa shape index (κ3) is 1.65. The largest absolute Gasteiger partial charge is 0.377 e. The van der Waals surface area contributed by atoms with E-state index in [2.05, 4.69) is 44.6 Å². The minimum absolute atomic E-state index is 0.609. The smallest absolute Gasteiger partial charge is 0.0320 e. The molecule has 0 spiro atoms. The van der Waals surface area contributed by atoms with Crippen LogP contribution in [0.25, 0.3) is 0 Å². The third-order valence-corrected chi connectivity index (χ3v) is 2.59. The van der Waals surface area contributed by atoms with Crippen LogP contribution in [0.5, 0.6) is 0 Å². The van der Waals surface area contributed by atoms with Gasteiger partial charge in [0.2, 0.25) is 0 Å². The lowest BCUT2D eigenvalue weighted by molar-refractivity contribution is 0.261. The summed E-state index contributed by atoms with van der Waals surface area (Å²) in [5.41, 5.74) is 1.30. The molecule has 2 unspecified atom stereocenters. The van der Waals surface area contributed by atoms with Crippen LogP contribution in [0, 0.1) is 5.92 Å². The fourth-order valence-corrected chi connectivity index (χ4v) is 1.60. The Balaban J connectivity index is 2.70. The fraction of sp³-hybridized carbons (Fsp3) is 0.600. The molecule has 11 heavy (non-hydrogen) atoms. The van der Waals surface area contributed by atoms with Crippen molar-refractivity contribution in [3.8, 4) is 0 Å². The lowest BCUT2D eigenvalue weighted by Gasteiger charge is -2.34. The van der Waals surface area contributed by atoms with Gasteiger partial charge in [0, 0.05) is 19.0 Å². The van der Waals surface area contributed by atoms with Gasteiger partial charge in [0.05, 0.1) is 0 Å². The second kappa shape index (κ2) is 3.12. The molecule has 0 aromatic rings. The van der Waals surface area contributed by atoms with Crippen LogP contribution >= 0.6 is 0 Å². The lowest BCUT2D eigenvalue weighted by Crippen LogP contribution is -2.34. The van der Waals surface area contributed by atoms with Gasteiger partial charge in [-0.3, -0.25) is 0 Å². The summed E-state index contributed by atoms with van der Waals surface area (Å²) in [6.07, 6.45) is 5.53. The van der Waals surface area contributed by atoms with E-state index >= 15 is 0 Å². The molecule has 2 atom stereocenters. The van der Waals surface area contributed by atoms with Crippen LogP contribution in [0.4, 0.5) is 0 Å². The number of nitrogens with zero attached hydrogens (tertiary/aromatic N) is 1. The van der Waals surface area contributed by atoms with Gasteiger partial charge in [0.25, 0.3) is 0 Å². The maximum absolute atomic E-state index is 4.00. The van der Waals surface area contributed by atoms with Crippen molar-refractivity contribution in [3.05, 3.63) is 24.4 Å². The Morgan fingerprint density at radius 2 is 2.27 bits per heavy atom. The minimum atomic E-state index is 0.609. The van der Waals surface area contributed by atoms with Crippen LogP contribution in [0.3, 0.4) is 0 Å². The van der Waals surface area contributed by atoms with E-state index in [-0.39, 0.29) is 0 Å². The van der Waals surface area contributed by atoms with E-state index in [1.807, 2.05) is 0 Å². The summed E-state index contributed by atoms with van der Waals surface area (Å²) in [5, 5.41) is 0. The van der Waals surface area contributed by atoms with Gasteiger partial charge in [-0.05, 0) is 26.5 Å². The molecule has 1 aliphatic rings. The van der Waals surface area contributed by atoms with Crippen LogP contribution < -0.4 is 0 Å². The molecule has 0 saturated carbocycles. The van der Waals surface area contributed by atoms with Crippen molar-refractivity contribution >= 4 is 0 Å². The Bertz CT molecular complexity index is 181. The summed E-state index contributed by atoms with van der Waals surface area (Å²) >= 11 is 0. The first-order valence-corrected chi connectivity index (χ1v) is 4.17. The summed E-state index contributed by atoms with van der Waals surface area (Å²) in [7, 11) is 2.12. The molecular weight excluding hydrogens is 134 g/mol. The highest BCUT2D eigenvalue weighted by Gasteiger charge is 2.21. The van der Waals surface area contributed by atoms with E-state index in [0.29, 0.717) is 12.0 Å². The topological polar surface area (TPSA) is 3.24 Å². The van der Waals surface area contributed by atoms with Gasteiger partial charge >= 0.3 is 0 Å². The van der Waals surface area contributed by atoms with Crippen molar-refractivity contribution < 1.29 is 0 Å². The van der Waals surface area contributed by atoms with Crippen LogP contribution in [-0.2, 0) is 0 Å². The number of rotatable bonds is 1. The summed E-state index contributed by atoms with van der Waals surface area (Å²) in [6.45, 7) is 8.38. The Hall–Kier alpha value is -0.720. The molecule has 1 nitrogen and oxygen atoms in total. The van der Waals surface area contributed by atoms with Crippen LogP contribution in [0.1, 0.15) is 20.3 Å². The van der Waals surface area contributed by atoms with E-state index < -0.39 is 0 Å². The van der Waals surface area contributed by atoms with E-state index in [1.165, 1.54) is 5.57 Å². The maximum Gasteiger partial charge on any atom is 0.0320 e.